The van der Waals surface area contributed by atoms with Gasteiger partial charge in [-0.3, -0.25) is 4.90 Å². The molecule has 5 nitrogen and oxygen atoms in total. The highest BCUT2D eigenvalue weighted by molar-refractivity contribution is 5.46. The lowest BCUT2D eigenvalue weighted by Crippen LogP contribution is -2.24. The standard InChI is InChI=1S/C20H25NO4/c1-23-17-8-4-6-14(10-17)18-11-16(22)13-21(18)12-15-7-5-9-19(24-2)20(15)25-3/h4-10,16,18,22H,11-13H2,1-3H3. The van der Waals surface area contributed by atoms with E-state index in [2.05, 4.69) is 11.0 Å². The minimum absolute atomic E-state index is 0.140. The molecule has 0 aliphatic carbocycles. The molecule has 25 heavy (non-hydrogen) atoms. The molecule has 0 spiro atoms. The van der Waals surface area contributed by atoms with Crippen molar-refractivity contribution in [2.24, 2.45) is 0 Å². The molecule has 5 heteroatoms. The van der Waals surface area contributed by atoms with Gasteiger partial charge in [-0.2, -0.15) is 0 Å². The van der Waals surface area contributed by atoms with E-state index in [1.807, 2.05) is 36.4 Å². The van der Waals surface area contributed by atoms with Gasteiger partial charge in [0.2, 0.25) is 0 Å². The lowest BCUT2D eigenvalue weighted by atomic mass is 10.0. The molecule has 0 aromatic heterocycles. The van der Waals surface area contributed by atoms with E-state index in [1.165, 1.54) is 0 Å². The molecular formula is C20H25NO4. The minimum atomic E-state index is -0.340. The van der Waals surface area contributed by atoms with E-state index in [0.29, 0.717) is 19.5 Å². The van der Waals surface area contributed by atoms with Crippen LogP contribution in [0.2, 0.25) is 0 Å². The minimum Gasteiger partial charge on any atom is -0.497 e. The molecule has 1 heterocycles. The number of benzene rings is 2. The Labute approximate surface area is 148 Å². The highest BCUT2D eigenvalue weighted by Crippen LogP contribution is 2.38. The summed E-state index contributed by atoms with van der Waals surface area (Å²) >= 11 is 0. The van der Waals surface area contributed by atoms with Crippen molar-refractivity contribution >= 4 is 0 Å². The highest BCUT2D eigenvalue weighted by atomic mass is 16.5. The van der Waals surface area contributed by atoms with Crippen LogP contribution < -0.4 is 14.2 Å². The average Bonchev–Trinajstić information content (AvgIpc) is 3.01. The molecule has 2 unspecified atom stereocenters. The third kappa shape index (κ3) is 3.72. The maximum atomic E-state index is 10.2. The third-order valence-electron chi connectivity index (χ3n) is 4.72. The monoisotopic (exact) mass is 343 g/mol. The summed E-state index contributed by atoms with van der Waals surface area (Å²) in [6.45, 7) is 1.31. The Morgan fingerprint density at radius 2 is 1.84 bits per heavy atom. The van der Waals surface area contributed by atoms with E-state index in [0.717, 1.165) is 28.4 Å². The third-order valence-corrected chi connectivity index (χ3v) is 4.72. The van der Waals surface area contributed by atoms with Crippen LogP contribution in [-0.2, 0) is 6.54 Å². The van der Waals surface area contributed by atoms with Crippen LogP contribution in [0.3, 0.4) is 0 Å². The quantitative estimate of drug-likeness (QED) is 0.874. The number of β-amino-alcohol motifs (C(OH)–C–C–N with tert-alkyl or cyclic N) is 1. The number of hydrogen-bond donors (Lipinski definition) is 1. The molecule has 0 bridgehead atoms. The van der Waals surface area contributed by atoms with Crippen molar-refractivity contribution in [1.29, 1.82) is 0 Å². The summed E-state index contributed by atoms with van der Waals surface area (Å²) in [5.41, 5.74) is 2.20. The van der Waals surface area contributed by atoms with Crippen LogP contribution in [-0.4, -0.2) is 44.0 Å². The number of aliphatic hydroxyl groups is 1. The first-order chi connectivity index (χ1) is 12.2. The Hall–Kier alpha value is -2.24. The zero-order chi connectivity index (χ0) is 17.8. The van der Waals surface area contributed by atoms with E-state index < -0.39 is 0 Å². The maximum Gasteiger partial charge on any atom is 0.165 e. The number of ether oxygens (including phenoxy) is 3. The second-order valence-electron chi connectivity index (χ2n) is 6.26. The Kier molecular flexibility index (Phi) is 5.46. The second-order valence-corrected chi connectivity index (χ2v) is 6.26. The number of hydrogen-bond acceptors (Lipinski definition) is 5. The lowest BCUT2D eigenvalue weighted by Gasteiger charge is -2.26. The fourth-order valence-electron chi connectivity index (χ4n) is 3.55. The molecule has 2 aromatic rings. The summed E-state index contributed by atoms with van der Waals surface area (Å²) in [6.07, 6.45) is 0.368. The number of methoxy groups -OCH3 is 3. The van der Waals surface area contributed by atoms with Gasteiger partial charge in [0.1, 0.15) is 5.75 Å². The van der Waals surface area contributed by atoms with Crippen molar-refractivity contribution in [2.45, 2.75) is 25.1 Å². The highest BCUT2D eigenvalue weighted by Gasteiger charge is 2.32. The predicted molar refractivity (Wildman–Crippen MR) is 96.3 cm³/mol. The van der Waals surface area contributed by atoms with Gasteiger partial charge in [0.25, 0.3) is 0 Å². The van der Waals surface area contributed by atoms with E-state index in [1.54, 1.807) is 21.3 Å². The normalized spacial score (nSPS) is 20.5. The summed E-state index contributed by atoms with van der Waals surface area (Å²) in [7, 11) is 4.96. The van der Waals surface area contributed by atoms with Gasteiger partial charge in [0, 0.05) is 24.7 Å². The molecule has 0 amide bonds. The maximum absolute atomic E-state index is 10.2. The van der Waals surface area contributed by atoms with Crippen LogP contribution >= 0.6 is 0 Å². The van der Waals surface area contributed by atoms with Crippen molar-refractivity contribution < 1.29 is 19.3 Å². The van der Waals surface area contributed by atoms with Gasteiger partial charge in [-0.15, -0.1) is 0 Å². The second kappa shape index (κ2) is 7.76. The van der Waals surface area contributed by atoms with Crippen molar-refractivity contribution in [3.8, 4) is 17.2 Å². The Balaban J connectivity index is 1.88. The summed E-state index contributed by atoms with van der Waals surface area (Å²) in [5.74, 6) is 2.30. The molecule has 1 fully saturated rings. The zero-order valence-corrected chi connectivity index (χ0v) is 14.9. The van der Waals surface area contributed by atoms with E-state index in [4.69, 9.17) is 14.2 Å². The van der Waals surface area contributed by atoms with E-state index in [9.17, 15) is 5.11 Å². The Morgan fingerprint density at radius 3 is 2.56 bits per heavy atom. The molecule has 1 saturated heterocycles. The van der Waals surface area contributed by atoms with Crippen LogP contribution in [0.5, 0.6) is 17.2 Å². The molecule has 0 radical (unpaired) electrons. The summed E-state index contributed by atoms with van der Waals surface area (Å²) in [5, 5.41) is 10.2. The molecule has 1 aliphatic heterocycles. The Bertz CT molecular complexity index is 719. The molecule has 2 atom stereocenters. The molecule has 3 rings (SSSR count). The first kappa shape index (κ1) is 17.6. The van der Waals surface area contributed by atoms with Gasteiger partial charge >= 0.3 is 0 Å². The van der Waals surface area contributed by atoms with Gasteiger partial charge in [0.05, 0.1) is 27.4 Å². The van der Waals surface area contributed by atoms with Crippen molar-refractivity contribution in [3.05, 3.63) is 53.6 Å². The SMILES string of the molecule is COc1cccc(C2CC(O)CN2Cc2cccc(OC)c2OC)c1. The molecule has 2 aromatic carbocycles. The molecule has 134 valence electrons. The van der Waals surface area contributed by atoms with Crippen molar-refractivity contribution in [2.75, 3.05) is 27.9 Å². The molecular weight excluding hydrogens is 318 g/mol. The lowest BCUT2D eigenvalue weighted by molar-refractivity contribution is 0.172. The summed E-state index contributed by atoms with van der Waals surface area (Å²) < 4.78 is 16.3. The van der Waals surface area contributed by atoms with Crippen LogP contribution in [0.1, 0.15) is 23.6 Å². The molecule has 0 saturated carbocycles. The van der Waals surface area contributed by atoms with E-state index >= 15 is 0 Å². The van der Waals surface area contributed by atoms with E-state index in [-0.39, 0.29) is 12.1 Å². The van der Waals surface area contributed by atoms with Gasteiger partial charge in [0.15, 0.2) is 11.5 Å². The van der Waals surface area contributed by atoms with Crippen molar-refractivity contribution in [1.82, 2.24) is 4.90 Å². The number of aliphatic hydroxyl groups excluding tert-OH is 1. The first-order valence-electron chi connectivity index (χ1n) is 8.42. The zero-order valence-electron chi connectivity index (χ0n) is 14.9. The van der Waals surface area contributed by atoms with Crippen LogP contribution in [0, 0.1) is 0 Å². The average molecular weight is 343 g/mol. The fraction of sp³-hybridized carbons (Fsp3) is 0.400. The fourth-order valence-corrected chi connectivity index (χ4v) is 3.55. The summed E-state index contributed by atoms with van der Waals surface area (Å²) in [4.78, 5) is 2.27. The van der Waals surface area contributed by atoms with Crippen molar-refractivity contribution in [3.63, 3.8) is 0 Å². The van der Waals surface area contributed by atoms with Gasteiger partial charge < -0.3 is 19.3 Å². The summed E-state index contributed by atoms with van der Waals surface area (Å²) in [6, 6.07) is 14.1. The van der Waals surface area contributed by atoms with Gasteiger partial charge in [-0.1, -0.05) is 24.3 Å². The largest absolute Gasteiger partial charge is 0.497 e. The first-order valence-corrected chi connectivity index (χ1v) is 8.42. The van der Waals surface area contributed by atoms with Crippen LogP contribution in [0.4, 0.5) is 0 Å². The van der Waals surface area contributed by atoms with Crippen LogP contribution in [0.25, 0.3) is 0 Å². The Morgan fingerprint density at radius 1 is 1.04 bits per heavy atom. The topological polar surface area (TPSA) is 51.2 Å². The molecule has 1 N–H and O–H groups in total. The molecule has 1 aliphatic rings. The number of rotatable bonds is 6. The number of nitrogens with zero attached hydrogens (tertiary/aromatic N) is 1. The van der Waals surface area contributed by atoms with Crippen LogP contribution in [0.15, 0.2) is 42.5 Å². The number of para-hydroxylation sites is 1. The predicted octanol–water partition coefficient (Wildman–Crippen LogP) is 3.02. The number of likely N-dealkylation sites (tertiary alicyclic amines) is 1. The smallest absolute Gasteiger partial charge is 0.165 e. The van der Waals surface area contributed by atoms with Gasteiger partial charge in [-0.25, -0.2) is 0 Å². The van der Waals surface area contributed by atoms with Gasteiger partial charge in [-0.05, 0) is 30.2 Å².